The Bertz CT molecular complexity index is 806. The highest BCUT2D eigenvalue weighted by Gasteiger charge is 2.12. The molecule has 0 aliphatic heterocycles. The van der Waals surface area contributed by atoms with Crippen molar-refractivity contribution in [2.24, 2.45) is 0 Å². The highest BCUT2D eigenvalue weighted by molar-refractivity contribution is 7.98. The Kier molecular flexibility index (Phi) is 4.57. The molecule has 118 valence electrons. The monoisotopic (exact) mass is 327 g/mol. The second kappa shape index (κ2) is 6.78. The van der Waals surface area contributed by atoms with Crippen LogP contribution in [0.3, 0.4) is 0 Å². The van der Waals surface area contributed by atoms with Gasteiger partial charge in [0.15, 0.2) is 5.16 Å². The molecule has 0 radical (unpaired) electrons. The molecular formula is C16H17N5OS. The molecule has 1 aromatic carbocycles. The average Bonchev–Trinajstić information content (AvgIpc) is 3.15. The predicted octanol–water partition coefficient (Wildman–Crippen LogP) is 3.42. The van der Waals surface area contributed by atoms with E-state index >= 15 is 0 Å². The molecule has 0 N–H and O–H groups in total. The molecule has 0 saturated carbocycles. The van der Waals surface area contributed by atoms with E-state index in [0.29, 0.717) is 24.1 Å². The van der Waals surface area contributed by atoms with Crippen molar-refractivity contribution in [3.8, 4) is 11.5 Å². The summed E-state index contributed by atoms with van der Waals surface area (Å²) in [6, 6.07) is 8.00. The molecule has 0 atom stereocenters. The lowest BCUT2D eigenvalue weighted by Gasteiger charge is -2.03. The fraction of sp³-hybridized carbons (Fsp3) is 0.250. The maximum atomic E-state index is 5.72. The van der Waals surface area contributed by atoms with Crippen LogP contribution in [0, 0.1) is 13.8 Å². The third-order valence-corrected chi connectivity index (χ3v) is 4.26. The smallest absolute Gasteiger partial charge is 0.247 e. The normalized spacial score (nSPS) is 10.9. The van der Waals surface area contributed by atoms with Crippen molar-refractivity contribution in [2.75, 3.05) is 0 Å². The van der Waals surface area contributed by atoms with Gasteiger partial charge in [-0.3, -0.25) is 0 Å². The van der Waals surface area contributed by atoms with Gasteiger partial charge in [-0.15, -0.1) is 27.0 Å². The minimum atomic E-state index is 0.532. The molecule has 0 saturated heterocycles. The van der Waals surface area contributed by atoms with Gasteiger partial charge in [0.05, 0.1) is 5.75 Å². The SMILES string of the molecule is C=CCn1c(C)nnc1SCc1nnc(-c2ccc(C)cc2)o1. The highest BCUT2D eigenvalue weighted by Crippen LogP contribution is 2.24. The van der Waals surface area contributed by atoms with Crippen LogP contribution < -0.4 is 0 Å². The molecule has 0 aliphatic carbocycles. The van der Waals surface area contributed by atoms with E-state index in [1.165, 1.54) is 17.3 Å². The minimum absolute atomic E-state index is 0.532. The van der Waals surface area contributed by atoms with Crippen LogP contribution in [0.2, 0.25) is 0 Å². The van der Waals surface area contributed by atoms with Crippen LogP contribution in [0.25, 0.3) is 11.5 Å². The summed E-state index contributed by atoms with van der Waals surface area (Å²) in [7, 11) is 0. The third kappa shape index (κ3) is 3.50. The fourth-order valence-corrected chi connectivity index (χ4v) is 2.89. The standard InChI is InChI=1S/C16H17N5OS/c1-4-9-21-12(3)17-20-16(21)23-10-14-18-19-15(22-14)13-7-5-11(2)6-8-13/h4-8H,1,9-10H2,2-3H3. The van der Waals surface area contributed by atoms with Gasteiger partial charge in [-0.1, -0.05) is 35.5 Å². The fourth-order valence-electron chi connectivity index (χ4n) is 2.06. The Morgan fingerprint density at radius 1 is 1.13 bits per heavy atom. The van der Waals surface area contributed by atoms with Crippen molar-refractivity contribution in [3.05, 3.63) is 54.2 Å². The van der Waals surface area contributed by atoms with Crippen molar-refractivity contribution in [2.45, 2.75) is 31.3 Å². The maximum Gasteiger partial charge on any atom is 0.247 e. The van der Waals surface area contributed by atoms with Crippen molar-refractivity contribution in [1.82, 2.24) is 25.0 Å². The van der Waals surface area contributed by atoms with E-state index < -0.39 is 0 Å². The van der Waals surface area contributed by atoms with E-state index in [2.05, 4.69) is 27.0 Å². The van der Waals surface area contributed by atoms with Gasteiger partial charge in [0, 0.05) is 12.1 Å². The number of benzene rings is 1. The number of aromatic nitrogens is 5. The number of hydrogen-bond donors (Lipinski definition) is 0. The summed E-state index contributed by atoms with van der Waals surface area (Å²) in [5.41, 5.74) is 2.12. The molecule has 0 spiro atoms. The van der Waals surface area contributed by atoms with Crippen LogP contribution in [0.4, 0.5) is 0 Å². The quantitative estimate of drug-likeness (QED) is 0.510. The lowest BCUT2D eigenvalue weighted by atomic mass is 10.1. The van der Waals surface area contributed by atoms with Crippen molar-refractivity contribution < 1.29 is 4.42 Å². The Hall–Kier alpha value is -2.41. The highest BCUT2D eigenvalue weighted by atomic mass is 32.2. The number of rotatable bonds is 6. The van der Waals surface area contributed by atoms with Gasteiger partial charge in [0.2, 0.25) is 11.8 Å². The molecule has 23 heavy (non-hydrogen) atoms. The maximum absolute atomic E-state index is 5.72. The van der Waals surface area contributed by atoms with E-state index in [1.54, 1.807) is 0 Å². The molecule has 0 fully saturated rings. The van der Waals surface area contributed by atoms with E-state index in [0.717, 1.165) is 16.5 Å². The van der Waals surface area contributed by atoms with Crippen LogP contribution in [0.5, 0.6) is 0 Å². The number of aryl methyl sites for hydroxylation is 2. The van der Waals surface area contributed by atoms with Crippen LogP contribution in [0.15, 0.2) is 46.5 Å². The molecule has 3 aromatic rings. The Labute approximate surface area is 138 Å². The molecule has 7 heteroatoms. The molecular weight excluding hydrogens is 310 g/mol. The molecule has 3 rings (SSSR count). The van der Waals surface area contributed by atoms with Crippen molar-refractivity contribution >= 4 is 11.8 Å². The number of allylic oxidation sites excluding steroid dienone is 1. The first-order valence-electron chi connectivity index (χ1n) is 7.20. The summed E-state index contributed by atoms with van der Waals surface area (Å²) in [6.07, 6.45) is 1.82. The van der Waals surface area contributed by atoms with Gasteiger partial charge in [0.25, 0.3) is 0 Å². The van der Waals surface area contributed by atoms with Crippen LogP contribution in [0.1, 0.15) is 17.3 Å². The Morgan fingerprint density at radius 2 is 1.91 bits per heavy atom. The first kappa shape index (κ1) is 15.5. The molecule has 2 aromatic heterocycles. The lowest BCUT2D eigenvalue weighted by molar-refractivity contribution is 0.528. The van der Waals surface area contributed by atoms with E-state index in [9.17, 15) is 0 Å². The molecule has 2 heterocycles. The molecule has 0 amide bonds. The Morgan fingerprint density at radius 3 is 2.65 bits per heavy atom. The molecule has 0 bridgehead atoms. The summed E-state index contributed by atoms with van der Waals surface area (Å²) in [5, 5.41) is 17.3. The van der Waals surface area contributed by atoms with Crippen molar-refractivity contribution in [1.29, 1.82) is 0 Å². The largest absolute Gasteiger partial charge is 0.420 e. The van der Waals surface area contributed by atoms with Gasteiger partial charge in [-0.25, -0.2) is 0 Å². The summed E-state index contributed by atoms with van der Waals surface area (Å²) >= 11 is 1.52. The zero-order chi connectivity index (χ0) is 16.2. The lowest BCUT2D eigenvalue weighted by Crippen LogP contribution is -2.00. The van der Waals surface area contributed by atoms with E-state index in [1.807, 2.05) is 48.8 Å². The predicted molar refractivity (Wildman–Crippen MR) is 89.0 cm³/mol. The topological polar surface area (TPSA) is 69.6 Å². The van der Waals surface area contributed by atoms with Gasteiger partial charge in [-0.05, 0) is 26.0 Å². The molecule has 6 nitrogen and oxygen atoms in total. The third-order valence-electron chi connectivity index (χ3n) is 3.30. The van der Waals surface area contributed by atoms with Crippen LogP contribution in [-0.4, -0.2) is 25.0 Å². The second-order valence-corrected chi connectivity index (χ2v) is 6.03. The van der Waals surface area contributed by atoms with Gasteiger partial charge in [0.1, 0.15) is 5.82 Å². The number of thioether (sulfide) groups is 1. The summed E-state index contributed by atoms with van der Waals surface area (Å²) < 4.78 is 7.71. The van der Waals surface area contributed by atoms with E-state index in [4.69, 9.17) is 4.42 Å². The average molecular weight is 327 g/mol. The van der Waals surface area contributed by atoms with E-state index in [-0.39, 0.29) is 0 Å². The Balaban J connectivity index is 1.70. The molecule has 0 aliphatic rings. The van der Waals surface area contributed by atoms with Gasteiger partial charge < -0.3 is 8.98 Å². The second-order valence-electron chi connectivity index (χ2n) is 5.08. The zero-order valence-electron chi connectivity index (χ0n) is 13.1. The van der Waals surface area contributed by atoms with Crippen molar-refractivity contribution in [3.63, 3.8) is 0 Å². The number of nitrogens with zero attached hydrogens (tertiary/aromatic N) is 5. The minimum Gasteiger partial charge on any atom is -0.420 e. The first-order chi connectivity index (χ1) is 11.2. The zero-order valence-corrected chi connectivity index (χ0v) is 13.9. The first-order valence-corrected chi connectivity index (χ1v) is 8.19. The van der Waals surface area contributed by atoms with Gasteiger partial charge in [-0.2, -0.15) is 0 Å². The van der Waals surface area contributed by atoms with Crippen LogP contribution >= 0.6 is 11.8 Å². The summed E-state index contributed by atoms with van der Waals surface area (Å²) in [6.45, 7) is 8.39. The summed E-state index contributed by atoms with van der Waals surface area (Å²) in [5.74, 6) is 2.51. The number of hydrogen-bond acceptors (Lipinski definition) is 6. The summed E-state index contributed by atoms with van der Waals surface area (Å²) in [4.78, 5) is 0. The van der Waals surface area contributed by atoms with Gasteiger partial charge >= 0.3 is 0 Å². The van der Waals surface area contributed by atoms with Crippen LogP contribution in [-0.2, 0) is 12.3 Å². The molecule has 0 unspecified atom stereocenters.